The van der Waals surface area contributed by atoms with Crippen LogP contribution in [-0.4, -0.2) is 11.0 Å². The summed E-state index contributed by atoms with van der Waals surface area (Å²) in [5.74, 6) is -0.238. The molecular weight excluding hydrogens is 258 g/mol. The van der Waals surface area contributed by atoms with E-state index in [1.165, 1.54) is 12.5 Å². The van der Waals surface area contributed by atoms with Crippen molar-refractivity contribution in [1.82, 2.24) is 4.98 Å². The van der Waals surface area contributed by atoms with Crippen molar-refractivity contribution in [2.75, 3.05) is 0 Å². The van der Waals surface area contributed by atoms with Crippen LogP contribution in [0.15, 0.2) is 16.7 Å². The lowest BCUT2D eigenvalue weighted by atomic mass is 9.94. The minimum Gasteiger partial charge on any atom is -0.456 e. The highest BCUT2D eigenvalue weighted by atomic mass is 79.9. The third kappa shape index (κ3) is 2.37. The second-order valence-corrected chi connectivity index (χ2v) is 4.60. The summed E-state index contributed by atoms with van der Waals surface area (Å²) in [7, 11) is 0. The van der Waals surface area contributed by atoms with Crippen molar-refractivity contribution in [3.63, 3.8) is 0 Å². The average Bonchev–Trinajstić information content (AvgIpc) is 2.16. The molecule has 1 aromatic rings. The topological polar surface area (TPSA) is 39.2 Å². The van der Waals surface area contributed by atoms with Crippen molar-refractivity contribution in [1.29, 1.82) is 0 Å². The van der Waals surface area contributed by atoms with Crippen molar-refractivity contribution < 1.29 is 9.53 Å². The first kappa shape index (κ1) is 10.6. The van der Waals surface area contributed by atoms with E-state index in [4.69, 9.17) is 4.74 Å². The molecule has 0 N–H and O–H groups in total. The van der Waals surface area contributed by atoms with Crippen LogP contribution in [-0.2, 0) is 16.0 Å². The lowest BCUT2D eigenvalue weighted by Gasteiger charge is -2.23. The van der Waals surface area contributed by atoms with Crippen LogP contribution in [0.4, 0.5) is 0 Å². The molecule has 15 heavy (non-hydrogen) atoms. The monoisotopic (exact) mass is 269 g/mol. The zero-order chi connectivity index (χ0) is 10.8. The normalized spacial score (nSPS) is 19.5. The second kappa shape index (κ2) is 4.31. The van der Waals surface area contributed by atoms with Crippen molar-refractivity contribution >= 4 is 21.9 Å². The summed E-state index contributed by atoms with van der Waals surface area (Å²) < 4.78 is 6.22. The molecular formula is C11H12BrNO2. The quantitative estimate of drug-likeness (QED) is 0.736. The fraction of sp³-hybridized carbons (Fsp3) is 0.455. The smallest absolute Gasteiger partial charge is 0.303 e. The van der Waals surface area contributed by atoms with Gasteiger partial charge in [-0.25, -0.2) is 0 Å². The van der Waals surface area contributed by atoms with Crippen LogP contribution in [0.25, 0.3) is 0 Å². The highest BCUT2D eigenvalue weighted by Crippen LogP contribution is 2.32. The number of pyridine rings is 1. The number of fused-ring (bicyclic) bond motifs is 1. The van der Waals surface area contributed by atoms with Gasteiger partial charge >= 0.3 is 5.97 Å². The zero-order valence-corrected chi connectivity index (χ0v) is 10.1. The Morgan fingerprint density at radius 3 is 3.20 bits per heavy atom. The minimum atomic E-state index is -0.238. The van der Waals surface area contributed by atoms with Gasteiger partial charge in [0, 0.05) is 17.6 Å². The summed E-state index contributed by atoms with van der Waals surface area (Å²) in [6.07, 6.45) is 4.53. The largest absolute Gasteiger partial charge is 0.456 e. The summed E-state index contributed by atoms with van der Waals surface area (Å²) in [6, 6.07) is 2.05. The van der Waals surface area contributed by atoms with Gasteiger partial charge in [-0.15, -0.1) is 0 Å². The summed E-state index contributed by atoms with van der Waals surface area (Å²) in [5.41, 5.74) is 2.10. The second-order valence-electron chi connectivity index (χ2n) is 3.69. The third-order valence-electron chi connectivity index (χ3n) is 2.49. The standard InChI is InChI=1S/C11H12BrNO2/c1-7(14)15-10-4-2-3-8-5-9(12)6-13-11(8)10/h5-6,10H,2-4H2,1H3. The Kier molecular flexibility index (Phi) is 3.05. The molecule has 1 unspecified atom stereocenters. The van der Waals surface area contributed by atoms with Gasteiger partial charge in [-0.05, 0) is 46.8 Å². The van der Waals surface area contributed by atoms with E-state index in [1.54, 1.807) is 6.20 Å². The molecule has 0 amide bonds. The molecule has 4 heteroatoms. The van der Waals surface area contributed by atoms with Crippen LogP contribution in [0.3, 0.4) is 0 Å². The van der Waals surface area contributed by atoms with Crippen LogP contribution < -0.4 is 0 Å². The Morgan fingerprint density at radius 2 is 2.47 bits per heavy atom. The number of aromatic nitrogens is 1. The van der Waals surface area contributed by atoms with Crippen LogP contribution >= 0.6 is 15.9 Å². The molecule has 0 aliphatic heterocycles. The number of carbonyl (C=O) groups is 1. The fourth-order valence-corrected chi connectivity index (χ4v) is 2.29. The molecule has 1 atom stereocenters. The summed E-state index contributed by atoms with van der Waals surface area (Å²) in [5, 5.41) is 0. The Morgan fingerprint density at radius 1 is 1.67 bits per heavy atom. The van der Waals surface area contributed by atoms with E-state index in [2.05, 4.69) is 27.0 Å². The number of hydrogen-bond acceptors (Lipinski definition) is 3. The van der Waals surface area contributed by atoms with Gasteiger partial charge in [0.15, 0.2) is 0 Å². The number of nitrogens with zero attached hydrogens (tertiary/aromatic N) is 1. The van der Waals surface area contributed by atoms with Gasteiger partial charge in [0.2, 0.25) is 0 Å². The van der Waals surface area contributed by atoms with Gasteiger partial charge in [0.25, 0.3) is 0 Å². The molecule has 1 heterocycles. The van der Waals surface area contributed by atoms with Crippen molar-refractivity contribution in [2.45, 2.75) is 32.3 Å². The maximum atomic E-state index is 10.9. The lowest BCUT2D eigenvalue weighted by Crippen LogP contribution is -2.16. The number of halogens is 1. The number of carbonyl (C=O) groups excluding carboxylic acids is 1. The molecule has 0 fully saturated rings. The van der Waals surface area contributed by atoms with Gasteiger partial charge in [0.05, 0.1) is 5.69 Å². The van der Waals surface area contributed by atoms with Crippen molar-refractivity contribution in [2.24, 2.45) is 0 Å². The number of aryl methyl sites for hydroxylation is 1. The molecule has 1 aromatic heterocycles. The first-order chi connectivity index (χ1) is 7.16. The predicted octanol–water partition coefficient (Wildman–Crippen LogP) is 2.78. The summed E-state index contributed by atoms with van der Waals surface area (Å²) in [6.45, 7) is 1.44. The van der Waals surface area contributed by atoms with Crippen LogP contribution in [0, 0.1) is 0 Å². The van der Waals surface area contributed by atoms with E-state index < -0.39 is 0 Å². The molecule has 1 aliphatic carbocycles. The highest BCUT2D eigenvalue weighted by Gasteiger charge is 2.23. The number of hydrogen-bond donors (Lipinski definition) is 0. The van der Waals surface area contributed by atoms with E-state index in [-0.39, 0.29) is 12.1 Å². The van der Waals surface area contributed by atoms with Gasteiger partial charge in [0.1, 0.15) is 6.10 Å². The molecule has 3 nitrogen and oxygen atoms in total. The third-order valence-corrected chi connectivity index (χ3v) is 2.93. The molecule has 0 radical (unpaired) electrons. The first-order valence-corrected chi connectivity index (χ1v) is 5.77. The van der Waals surface area contributed by atoms with Crippen molar-refractivity contribution in [3.8, 4) is 0 Å². The fourth-order valence-electron chi connectivity index (χ4n) is 1.91. The number of ether oxygens (including phenoxy) is 1. The van der Waals surface area contributed by atoms with Crippen LogP contribution in [0.1, 0.15) is 37.1 Å². The molecule has 0 saturated carbocycles. The van der Waals surface area contributed by atoms with E-state index in [0.29, 0.717) is 0 Å². The van der Waals surface area contributed by atoms with E-state index in [1.807, 2.05) is 0 Å². The molecule has 0 spiro atoms. The van der Waals surface area contributed by atoms with Gasteiger partial charge in [-0.1, -0.05) is 0 Å². The Bertz CT molecular complexity index is 392. The molecule has 0 aromatic carbocycles. The Labute approximate surface area is 97.0 Å². The number of esters is 1. The molecule has 2 rings (SSSR count). The summed E-state index contributed by atoms with van der Waals surface area (Å²) >= 11 is 3.39. The Hall–Kier alpha value is -0.900. The maximum absolute atomic E-state index is 10.9. The zero-order valence-electron chi connectivity index (χ0n) is 8.50. The van der Waals surface area contributed by atoms with E-state index in [9.17, 15) is 4.79 Å². The lowest BCUT2D eigenvalue weighted by molar-refractivity contribution is -0.147. The number of rotatable bonds is 1. The minimum absolute atomic E-state index is 0.153. The summed E-state index contributed by atoms with van der Waals surface area (Å²) in [4.78, 5) is 15.3. The molecule has 0 saturated heterocycles. The van der Waals surface area contributed by atoms with E-state index in [0.717, 1.165) is 29.4 Å². The van der Waals surface area contributed by atoms with Crippen LogP contribution in [0.2, 0.25) is 0 Å². The predicted molar refractivity (Wildman–Crippen MR) is 59.4 cm³/mol. The average molecular weight is 270 g/mol. The van der Waals surface area contributed by atoms with Gasteiger partial charge in [-0.2, -0.15) is 0 Å². The highest BCUT2D eigenvalue weighted by molar-refractivity contribution is 9.10. The maximum Gasteiger partial charge on any atom is 0.303 e. The van der Waals surface area contributed by atoms with Crippen LogP contribution in [0.5, 0.6) is 0 Å². The van der Waals surface area contributed by atoms with Crippen molar-refractivity contribution in [3.05, 3.63) is 28.0 Å². The Balaban J connectivity index is 2.30. The molecule has 0 bridgehead atoms. The SMILES string of the molecule is CC(=O)OC1CCCc2cc(Br)cnc21. The molecule has 80 valence electrons. The molecule has 1 aliphatic rings. The first-order valence-electron chi connectivity index (χ1n) is 4.98. The van der Waals surface area contributed by atoms with E-state index >= 15 is 0 Å². The van der Waals surface area contributed by atoms with Gasteiger partial charge < -0.3 is 4.74 Å². The van der Waals surface area contributed by atoms with Gasteiger partial charge in [-0.3, -0.25) is 9.78 Å².